The minimum absolute atomic E-state index is 0.0968. The summed E-state index contributed by atoms with van der Waals surface area (Å²) in [5.41, 5.74) is 3.82. The molecule has 1 aromatic carbocycles. The number of hydrogen-bond acceptors (Lipinski definition) is 1. The van der Waals surface area contributed by atoms with Crippen molar-refractivity contribution >= 4 is 16.7 Å². The summed E-state index contributed by atoms with van der Waals surface area (Å²) in [4.78, 5) is 11.4. The molecule has 90 valence electrons. The normalized spacial score (nSPS) is 12.9. The van der Waals surface area contributed by atoms with E-state index < -0.39 is 0 Å². The largest absolute Gasteiger partial charge is 0.348 e. The zero-order valence-electron chi connectivity index (χ0n) is 10.9. The van der Waals surface area contributed by atoms with Crippen LogP contribution in [0, 0.1) is 12.8 Å². The van der Waals surface area contributed by atoms with E-state index in [1.54, 1.807) is 6.92 Å². The molecule has 2 heteroatoms. The Labute approximate surface area is 102 Å². The van der Waals surface area contributed by atoms with Crippen LogP contribution in [0.2, 0.25) is 0 Å². The van der Waals surface area contributed by atoms with E-state index in [0.29, 0.717) is 0 Å². The number of carbonyl (C=O) groups is 1. The van der Waals surface area contributed by atoms with Crippen LogP contribution < -0.4 is 0 Å². The summed E-state index contributed by atoms with van der Waals surface area (Å²) in [5.74, 6) is 0.358. The molecule has 1 unspecified atom stereocenters. The molecule has 1 atom stereocenters. The summed E-state index contributed by atoms with van der Waals surface area (Å²) in [6, 6.07) is 8.39. The highest BCUT2D eigenvalue weighted by Crippen LogP contribution is 2.27. The Hall–Kier alpha value is -1.57. The minimum Gasteiger partial charge on any atom is -0.348 e. The summed E-state index contributed by atoms with van der Waals surface area (Å²) in [5, 5.41) is 1.28. The van der Waals surface area contributed by atoms with Gasteiger partial charge in [0.1, 0.15) is 5.78 Å². The van der Waals surface area contributed by atoms with Crippen molar-refractivity contribution in [3.63, 3.8) is 0 Å². The number of fused-ring (bicyclic) bond motifs is 1. The second-order valence-electron chi connectivity index (χ2n) is 4.86. The number of carbonyl (C=O) groups excluding carboxylic acids is 1. The fraction of sp³-hybridized carbons (Fsp3) is 0.400. The van der Waals surface area contributed by atoms with Crippen molar-refractivity contribution in [2.24, 2.45) is 13.0 Å². The first-order chi connectivity index (χ1) is 8.02. The Morgan fingerprint density at radius 2 is 2.00 bits per heavy atom. The lowest BCUT2D eigenvalue weighted by Crippen LogP contribution is -2.10. The SMILES string of the molecule is CC(=O)C(C)Cc1c(C)n(C)c2ccccc12. The number of Topliss-reactive ketones (excluding diaryl/α,β-unsaturated/α-hetero) is 1. The van der Waals surface area contributed by atoms with Crippen molar-refractivity contribution < 1.29 is 4.79 Å². The predicted octanol–water partition coefficient (Wildman–Crippen LogP) is 3.25. The lowest BCUT2D eigenvalue weighted by atomic mass is 9.96. The Morgan fingerprint density at radius 3 is 2.65 bits per heavy atom. The van der Waals surface area contributed by atoms with Crippen molar-refractivity contribution in [3.8, 4) is 0 Å². The van der Waals surface area contributed by atoms with Crippen molar-refractivity contribution in [1.29, 1.82) is 0 Å². The molecule has 1 aromatic heterocycles. The molecule has 0 N–H and O–H groups in total. The van der Waals surface area contributed by atoms with Gasteiger partial charge in [0.15, 0.2) is 0 Å². The van der Waals surface area contributed by atoms with E-state index in [9.17, 15) is 4.79 Å². The van der Waals surface area contributed by atoms with Gasteiger partial charge >= 0.3 is 0 Å². The van der Waals surface area contributed by atoms with Crippen LogP contribution in [0.4, 0.5) is 0 Å². The molecule has 2 aromatic rings. The molecular weight excluding hydrogens is 210 g/mol. The zero-order valence-corrected chi connectivity index (χ0v) is 10.9. The van der Waals surface area contributed by atoms with Crippen LogP contribution in [-0.2, 0) is 18.3 Å². The predicted molar refractivity (Wildman–Crippen MR) is 71.2 cm³/mol. The molecular formula is C15H19NO. The van der Waals surface area contributed by atoms with Crippen LogP contribution in [0.15, 0.2) is 24.3 Å². The smallest absolute Gasteiger partial charge is 0.132 e. The van der Waals surface area contributed by atoms with Crippen LogP contribution in [0.5, 0.6) is 0 Å². The molecule has 0 fully saturated rings. The maximum atomic E-state index is 11.4. The molecule has 1 heterocycles. The van der Waals surface area contributed by atoms with Gasteiger partial charge in [-0.3, -0.25) is 4.79 Å². The third-order valence-electron chi connectivity index (χ3n) is 3.73. The van der Waals surface area contributed by atoms with Gasteiger partial charge in [0.05, 0.1) is 0 Å². The molecule has 0 amide bonds. The quantitative estimate of drug-likeness (QED) is 0.792. The van der Waals surface area contributed by atoms with Crippen molar-refractivity contribution in [3.05, 3.63) is 35.5 Å². The molecule has 0 aliphatic rings. The molecule has 0 saturated heterocycles. The van der Waals surface area contributed by atoms with Crippen LogP contribution in [0.1, 0.15) is 25.1 Å². The van der Waals surface area contributed by atoms with Crippen molar-refractivity contribution in [2.75, 3.05) is 0 Å². The van der Waals surface area contributed by atoms with Gasteiger partial charge in [0.2, 0.25) is 0 Å². The highest BCUT2D eigenvalue weighted by atomic mass is 16.1. The molecule has 17 heavy (non-hydrogen) atoms. The van der Waals surface area contributed by atoms with Crippen LogP contribution in [0.3, 0.4) is 0 Å². The number of aryl methyl sites for hydroxylation is 1. The van der Waals surface area contributed by atoms with Gasteiger partial charge in [-0.05, 0) is 31.9 Å². The van der Waals surface area contributed by atoms with E-state index in [2.05, 4.69) is 42.8 Å². The van der Waals surface area contributed by atoms with E-state index in [1.807, 2.05) is 6.92 Å². The van der Waals surface area contributed by atoms with E-state index >= 15 is 0 Å². The summed E-state index contributed by atoms with van der Waals surface area (Å²) >= 11 is 0. The monoisotopic (exact) mass is 229 g/mol. The Bertz CT molecular complexity index is 566. The summed E-state index contributed by atoms with van der Waals surface area (Å²) < 4.78 is 2.21. The van der Waals surface area contributed by atoms with Crippen LogP contribution in [0.25, 0.3) is 10.9 Å². The Kier molecular flexibility index (Phi) is 3.05. The number of benzene rings is 1. The zero-order chi connectivity index (χ0) is 12.6. The first-order valence-corrected chi connectivity index (χ1v) is 6.05. The maximum Gasteiger partial charge on any atom is 0.132 e. The van der Waals surface area contributed by atoms with E-state index in [-0.39, 0.29) is 11.7 Å². The van der Waals surface area contributed by atoms with Crippen molar-refractivity contribution in [2.45, 2.75) is 27.2 Å². The third-order valence-corrected chi connectivity index (χ3v) is 3.73. The van der Waals surface area contributed by atoms with E-state index in [0.717, 1.165) is 6.42 Å². The molecule has 2 nitrogen and oxygen atoms in total. The molecule has 0 bridgehead atoms. The topological polar surface area (TPSA) is 22.0 Å². The molecule has 0 radical (unpaired) electrons. The highest BCUT2D eigenvalue weighted by molar-refractivity contribution is 5.86. The highest BCUT2D eigenvalue weighted by Gasteiger charge is 2.16. The van der Waals surface area contributed by atoms with Gasteiger partial charge in [0, 0.05) is 29.6 Å². The molecule has 0 spiro atoms. The first kappa shape index (κ1) is 11.9. The Balaban J connectivity index is 2.53. The first-order valence-electron chi connectivity index (χ1n) is 6.05. The number of para-hydroxylation sites is 1. The van der Waals surface area contributed by atoms with Gasteiger partial charge in [-0.1, -0.05) is 25.1 Å². The summed E-state index contributed by atoms with van der Waals surface area (Å²) in [6.07, 6.45) is 0.836. The molecule has 2 rings (SSSR count). The average molecular weight is 229 g/mol. The Morgan fingerprint density at radius 1 is 1.35 bits per heavy atom. The van der Waals surface area contributed by atoms with Gasteiger partial charge in [0.25, 0.3) is 0 Å². The second kappa shape index (κ2) is 4.36. The lowest BCUT2D eigenvalue weighted by molar-refractivity contribution is -0.120. The lowest BCUT2D eigenvalue weighted by Gasteiger charge is -2.08. The number of rotatable bonds is 3. The third kappa shape index (κ3) is 1.99. The number of ketones is 1. The number of nitrogens with zero attached hydrogens (tertiary/aromatic N) is 1. The maximum absolute atomic E-state index is 11.4. The van der Waals surface area contributed by atoms with E-state index in [1.165, 1.54) is 22.2 Å². The van der Waals surface area contributed by atoms with Gasteiger partial charge in [-0.15, -0.1) is 0 Å². The second-order valence-corrected chi connectivity index (χ2v) is 4.86. The number of aromatic nitrogens is 1. The average Bonchev–Trinajstić information content (AvgIpc) is 2.55. The summed E-state index contributed by atoms with van der Waals surface area (Å²) in [6.45, 7) is 5.80. The van der Waals surface area contributed by atoms with Gasteiger partial charge in [-0.2, -0.15) is 0 Å². The van der Waals surface area contributed by atoms with Crippen LogP contribution >= 0.6 is 0 Å². The standard InChI is InChI=1S/C15H19NO/c1-10(12(3)17)9-14-11(2)16(4)15-8-6-5-7-13(14)15/h5-8,10H,9H2,1-4H3. The van der Waals surface area contributed by atoms with Gasteiger partial charge in [-0.25, -0.2) is 0 Å². The molecule has 0 aliphatic heterocycles. The van der Waals surface area contributed by atoms with Gasteiger partial charge < -0.3 is 4.57 Å². The minimum atomic E-state index is 0.0968. The van der Waals surface area contributed by atoms with Crippen molar-refractivity contribution in [1.82, 2.24) is 4.57 Å². The fourth-order valence-electron chi connectivity index (χ4n) is 2.31. The van der Waals surface area contributed by atoms with Crippen LogP contribution in [-0.4, -0.2) is 10.4 Å². The number of hydrogen-bond donors (Lipinski definition) is 0. The van der Waals surface area contributed by atoms with E-state index in [4.69, 9.17) is 0 Å². The molecule has 0 saturated carbocycles. The summed E-state index contributed by atoms with van der Waals surface area (Å²) in [7, 11) is 2.08. The molecule has 0 aliphatic carbocycles. The fourth-order valence-corrected chi connectivity index (χ4v) is 2.31.